The minimum atomic E-state index is -0.689. The predicted octanol–water partition coefficient (Wildman–Crippen LogP) is 3.66. The third-order valence-electron chi connectivity index (χ3n) is 5.55. The second-order valence-electron chi connectivity index (χ2n) is 8.06. The molecule has 2 aliphatic rings. The summed E-state index contributed by atoms with van der Waals surface area (Å²) in [4.78, 5) is 40.1. The number of nitrogens with one attached hydrogen (secondary N) is 2. The molecule has 7 nitrogen and oxygen atoms in total. The monoisotopic (exact) mass is 436 g/mol. The number of anilines is 2. The fourth-order valence-corrected chi connectivity index (χ4v) is 3.95. The lowest BCUT2D eigenvalue weighted by molar-refractivity contribution is -0.127. The highest BCUT2D eigenvalue weighted by Crippen LogP contribution is 2.25. The summed E-state index contributed by atoms with van der Waals surface area (Å²) in [6.45, 7) is 3.13. The molecule has 0 unspecified atom stereocenters. The molecule has 0 radical (unpaired) electrons. The van der Waals surface area contributed by atoms with E-state index in [0.717, 1.165) is 42.8 Å². The predicted molar refractivity (Wildman–Crippen MR) is 120 cm³/mol. The van der Waals surface area contributed by atoms with Crippen molar-refractivity contribution < 1.29 is 18.8 Å². The van der Waals surface area contributed by atoms with E-state index in [1.54, 1.807) is 30.3 Å². The van der Waals surface area contributed by atoms with Crippen LogP contribution in [0.25, 0.3) is 6.08 Å². The SMILES string of the molecule is Cc1cccc(NC(=O)CN2C(=O)N/C(=C/c3ccc(N4CCCCC4)c(F)c3)C2=O)c1. The number of hydrogen-bond donors (Lipinski definition) is 2. The molecule has 0 bridgehead atoms. The summed E-state index contributed by atoms with van der Waals surface area (Å²) in [5.41, 5.74) is 2.56. The zero-order chi connectivity index (χ0) is 22.7. The van der Waals surface area contributed by atoms with Gasteiger partial charge in [0.2, 0.25) is 5.91 Å². The average Bonchev–Trinajstić information content (AvgIpc) is 3.02. The second kappa shape index (κ2) is 9.21. The summed E-state index contributed by atoms with van der Waals surface area (Å²) in [5, 5.41) is 5.14. The Kier molecular flexibility index (Phi) is 6.20. The van der Waals surface area contributed by atoms with Gasteiger partial charge in [0.15, 0.2) is 0 Å². The van der Waals surface area contributed by atoms with E-state index >= 15 is 0 Å². The number of piperidine rings is 1. The number of carbonyl (C=O) groups excluding carboxylic acids is 3. The van der Waals surface area contributed by atoms with Crippen molar-refractivity contribution in [2.45, 2.75) is 26.2 Å². The first-order valence-electron chi connectivity index (χ1n) is 10.7. The second-order valence-corrected chi connectivity index (χ2v) is 8.06. The molecule has 0 spiro atoms. The van der Waals surface area contributed by atoms with Crippen LogP contribution < -0.4 is 15.5 Å². The lowest BCUT2D eigenvalue weighted by Gasteiger charge is -2.29. The van der Waals surface area contributed by atoms with Gasteiger partial charge in [-0.25, -0.2) is 14.1 Å². The van der Waals surface area contributed by atoms with E-state index in [9.17, 15) is 18.8 Å². The fraction of sp³-hybridized carbons (Fsp3) is 0.292. The Morgan fingerprint density at radius 3 is 2.62 bits per heavy atom. The van der Waals surface area contributed by atoms with Gasteiger partial charge in [0, 0.05) is 18.8 Å². The van der Waals surface area contributed by atoms with E-state index in [1.807, 2.05) is 17.9 Å². The minimum absolute atomic E-state index is 0.00322. The molecule has 2 N–H and O–H groups in total. The third-order valence-corrected chi connectivity index (χ3v) is 5.55. The van der Waals surface area contributed by atoms with Crippen LogP contribution >= 0.6 is 0 Å². The van der Waals surface area contributed by atoms with Gasteiger partial charge < -0.3 is 15.5 Å². The molecule has 2 aromatic carbocycles. The maximum absolute atomic E-state index is 14.7. The topological polar surface area (TPSA) is 81.8 Å². The van der Waals surface area contributed by atoms with Crippen molar-refractivity contribution >= 4 is 35.3 Å². The number of imide groups is 1. The molecule has 2 fully saturated rings. The van der Waals surface area contributed by atoms with Crippen LogP contribution in [0.1, 0.15) is 30.4 Å². The molecule has 2 saturated heterocycles. The van der Waals surface area contributed by atoms with Gasteiger partial charge in [0.25, 0.3) is 5.91 Å². The molecular weight excluding hydrogens is 411 g/mol. The maximum Gasteiger partial charge on any atom is 0.329 e. The number of carbonyl (C=O) groups is 3. The smallest absolute Gasteiger partial charge is 0.329 e. The highest BCUT2D eigenvalue weighted by atomic mass is 19.1. The van der Waals surface area contributed by atoms with Gasteiger partial charge in [-0.3, -0.25) is 9.59 Å². The first-order chi connectivity index (χ1) is 15.4. The van der Waals surface area contributed by atoms with Crippen LogP contribution in [-0.4, -0.2) is 42.4 Å². The highest BCUT2D eigenvalue weighted by Gasteiger charge is 2.35. The van der Waals surface area contributed by atoms with E-state index in [-0.39, 0.29) is 11.5 Å². The van der Waals surface area contributed by atoms with E-state index in [1.165, 1.54) is 12.1 Å². The quantitative estimate of drug-likeness (QED) is 0.554. The summed E-state index contributed by atoms with van der Waals surface area (Å²) < 4.78 is 14.7. The van der Waals surface area contributed by atoms with Crippen LogP contribution in [0.3, 0.4) is 0 Å². The maximum atomic E-state index is 14.7. The number of hydrogen-bond acceptors (Lipinski definition) is 4. The minimum Gasteiger partial charge on any atom is -0.369 e. The van der Waals surface area contributed by atoms with Crippen LogP contribution in [-0.2, 0) is 9.59 Å². The molecule has 8 heteroatoms. The average molecular weight is 436 g/mol. The van der Waals surface area contributed by atoms with Gasteiger partial charge in [-0.2, -0.15) is 0 Å². The molecule has 0 atom stereocenters. The van der Waals surface area contributed by atoms with Gasteiger partial charge in [-0.1, -0.05) is 18.2 Å². The number of amides is 4. The van der Waals surface area contributed by atoms with Crippen molar-refractivity contribution in [3.05, 3.63) is 65.1 Å². The molecule has 4 rings (SSSR count). The summed E-state index contributed by atoms with van der Waals surface area (Å²) in [7, 11) is 0. The van der Waals surface area contributed by atoms with Crippen molar-refractivity contribution in [3.63, 3.8) is 0 Å². The Balaban J connectivity index is 1.43. The van der Waals surface area contributed by atoms with Crippen molar-refractivity contribution in [3.8, 4) is 0 Å². The number of urea groups is 1. The fourth-order valence-electron chi connectivity index (χ4n) is 3.95. The molecule has 166 valence electrons. The molecule has 0 aromatic heterocycles. The Bertz CT molecular complexity index is 1090. The van der Waals surface area contributed by atoms with Crippen LogP contribution in [0, 0.1) is 12.7 Å². The normalized spacial score (nSPS) is 17.6. The van der Waals surface area contributed by atoms with E-state index in [0.29, 0.717) is 16.9 Å². The summed E-state index contributed by atoms with van der Waals surface area (Å²) in [6.07, 6.45) is 4.66. The van der Waals surface area contributed by atoms with E-state index in [4.69, 9.17) is 0 Å². The molecule has 0 aliphatic carbocycles. The molecule has 4 amide bonds. The lowest BCUT2D eigenvalue weighted by Crippen LogP contribution is -2.38. The summed E-state index contributed by atoms with van der Waals surface area (Å²) in [6, 6.07) is 11.3. The van der Waals surface area contributed by atoms with Crippen LogP contribution in [0.5, 0.6) is 0 Å². The molecule has 2 aromatic rings. The van der Waals surface area contributed by atoms with Gasteiger partial charge in [-0.05, 0) is 67.7 Å². The first-order valence-corrected chi connectivity index (χ1v) is 10.7. The third kappa shape index (κ3) is 4.80. The number of benzene rings is 2. The largest absolute Gasteiger partial charge is 0.369 e. The van der Waals surface area contributed by atoms with Crippen LogP contribution in [0.15, 0.2) is 48.2 Å². The van der Waals surface area contributed by atoms with Crippen molar-refractivity contribution in [2.24, 2.45) is 0 Å². The molecular formula is C24H25FN4O3. The Morgan fingerprint density at radius 2 is 1.91 bits per heavy atom. The standard InChI is InChI=1S/C24H25FN4O3/c1-16-6-5-7-18(12-16)26-22(30)15-29-23(31)20(27-24(29)32)14-17-8-9-21(19(25)13-17)28-10-3-2-4-11-28/h5-9,12-14H,2-4,10-11,15H2,1H3,(H,26,30)(H,27,32)/b20-14+. The number of aryl methyl sites for hydroxylation is 1. The summed E-state index contributed by atoms with van der Waals surface area (Å²) in [5.74, 6) is -1.49. The molecule has 2 aliphatic heterocycles. The first kappa shape index (κ1) is 21.5. The van der Waals surface area contributed by atoms with Gasteiger partial charge in [0.05, 0.1) is 5.69 Å². The van der Waals surface area contributed by atoms with Crippen molar-refractivity contribution in [1.29, 1.82) is 0 Å². The number of halogens is 1. The highest BCUT2D eigenvalue weighted by molar-refractivity contribution is 6.15. The molecule has 32 heavy (non-hydrogen) atoms. The molecule has 2 heterocycles. The van der Waals surface area contributed by atoms with Crippen molar-refractivity contribution in [2.75, 3.05) is 29.9 Å². The Hall–Kier alpha value is -3.68. The zero-order valence-electron chi connectivity index (χ0n) is 17.9. The summed E-state index contributed by atoms with van der Waals surface area (Å²) >= 11 is 0. The van der Waals surface area contributed by atoms with E-state index in [2.05, 4.69) is 10.6 Å². The van der Waals surface area contributed by atoms with E-state index < -0.39 is 24.4 Å². The van der Waals surface area contributed by atoms with Gasteiger partial charge in [0.1, 0.15) is 18.1 Å². The van der Waals surface area contributed by atoms with Crippen LogP contribution in [0.2, 0.25) is 0 Å². The lowest BCUT2D eigenvalue weighted by atomic mass is 10.1. The van der Waals surface area contributed by atoms with Gasteiger partial charge >= 0.3 is 6.03 Å². The van der Waals surface area contributed by atoms with Gasteiger partial charge in [-0.15, -0.1) is 0 Å². The van der Waals surface area contributed by atoms with Crippen LogP contribution in [0.4, 0.5) is 20.6 Å². The van der Waals surface area contributed by atoms with Crippen molar-refractivity contribution in [1.82, 2.24) is 10.2 Å². The Morgan fingerprint density at radius 1 is 1.12 bits per heavy atom. The molecule has 0 saturated carbocycles. The Labute approximate surface area is 185 Å². The zero-order valence-corrected chi connectivity index (χ0v) is 17.9. The number of nitrogens with zero attached hydrogens (tertiary/aromatic N) is 2. The number of rotatable bonds is 5.